The number of halogens is 2. The summed E-state index contributed by atoms with van der Waals surface area (Å²) >= 11 is 4.98. The van der Waals surface area contributed by atoms with Crippen LogP contribution < -0.4 is 9.80 Å². The number of hydrogen-bond acceptors (Lipinski definition) is 4. The van der Waals surface area contributed by atoms with Gasteiger partial charge in [-0.1, -0.05) is 5.04 Å². The molecule has 0 amide bonds. The fourth-order valence-electron chi connectivity index (χ4n) is 1.63. The van der Waals surface area contributed by atoms with Gasteiger partial charge in [0.05, 0.1) is 4.47 Å². The second kappa shape index (κ2) is 4.09. The van der Waals surface area contributed by atoms with Crippen molar-refractivity contribution in [2.45, 2.75) is 24.5 Å². The third-order valence-corrected chi connectivity index (χ3v) is 3.66. The molecule has 0 fully saturated rings. The monoisotopic (exact) mass is 307 g/mol. The van der Waals surface area contributed by atoms with E-state index < -0.39 is 5.72 Å². The van der Waals surface area contributed by atoms with Crippen LogP contribution in [0.1, 0.15) is 13.8 Å². The largest absolute Gasteiger partial charge is 0.463 e. The van der Waals surface area contributed by atoms with Crippen LogP contribution in [0, 0.1) is 0 Å². The number of anilines is 1. The summed E-state index contributed by atoms with van der Waals surface area (Å²) in [5.41, 5.74) is -0.261. The molecule has 6 heteroatoms. The normalized spacial score (nSPS) is 17.2. The molecule has 0 N–H and O–H groups in total. The maximum absolute atomic E-state index is 12.6. The SMILES string of the molecule is CSc1cc(Br)c2c(c1)N(OF)C(C)(C)O2. The van der Waals surface area contributed by atoms with Crippen molar-refractivity contribution in [2.24, 2.45) is 0 Å². The van der Waals surface area contributed by atoms with Crippen molar-refractivity contribution in [1.29, 1.82) is 0 Å². The number of nitrogens with zero attached hydrogens (tertiary/aromatic N) is 1. The summed E-state index contributed by atoms with van der Waals surface area (Å²) in [4.78, 5) is 1.01. The molecule has 0 radical (unpaired) electrons. The lowest BCUT2D eigenvalue weighted by Gasteiger charge is -2.25. The predicted molar refractivity (Wildman–Crippen MR) is 65.3 cm³/mol. The van der Waals surface area contributed by atoms with Crippen molar-refractivity contribution >= 4 is 33.4 Å². The van der Waals surface area contributed by atoms with E-state index in [-0.39, 0.29) is 0 Å². The Balaban J connectivity index is 2.55. The highest BCUT2D eigenvalue weighted by molar-refractivity contribution is 9.10. The second-order valence-electron chi connectivity index (χ2n) is 3.87. The molecule has 1 aliphatic heterocycles. The van der Waals surface area contributed by atoms with E-state index in [0.29, 0.717) is 11.4 Å². The number of thioether (sulfide) groups is 1. The maximum atomic E-state index is 12.6. The summed E-state index contributed by atoms with van der Waals surface area (Å²) in [7, 11) is 0. The van der Waals surface area contributed by atoms with Crippen LogP contribution in [0.25, 0.3) is 0 Å². The summed E-state index contributed by atoms with van der Waals surface area (Å²) in [5.74, 6) is 0.598. The van der Waals surface area contributed by atoms with Crippen molar-refractivity contribution < 1.29 is 14.3 Å². The smallest absolute Gasteiger partial charge is 0.204 e. The molecule has 0 aromatic heterocycles. The highest BCUT2D eigenvalue weighted by atomic mass is 79.9. The Morgan fingerprint density at radius 3 is 2.75 bits per heavy atom. The van der Waals surface area contributed by atoms with Gasteiger partial charge in [0.25, 0.3) is 0 Å². The van der Waals surface area contributed by atoms with Gasteiger partial charge < -0.3 is 4.74 Å². The molecule has 1 aromatic carbocycles. The Bertz CT molecular complexity index is 428. The summed E-state index contributed by atoms with van der Waals surface area (Å²) in [6, 6.07) is 3.76. The van der Waals surface area contributed by atoms with Gasteiger partial charge in [0, 0.05) is 4.90 Å². The van der Waals surface area contributed by atoms with Gasteiger partial charge in [0.1, 0.15) is 5.69 Å². The summed E-state index contributed by atoms with van der Waals surface area (Å²) in [5, 5.41) is 5.00. The Morgan fingerprint density at radius 2 is 2.19 bits per heavy atom. The van der Waals surface area contributed by atoms with Crippen LogP contribution in [0.3, 0.4) is 0 Å². The number of hydroxylamine groups is 1. The Hall–Kier alpha value is -0.460. The first-order valence-electron chi connectivity index (χ1n) is 4.65. The lowest BCUT2D eigenvalue weighted by molar-refractivity contribution is -0.183. The third-order valence-electron chi connectivity index (χ3n) is 2.36. The first-order valence-corrected chi connectivity index (χ1v) is 6.67. The van der Waals surface area contributed by atoms with Gasteiger partial charge in [-0.05, 0) is 52.7 Å². The molecule has 1 aliphatic rings. The third kappa shape index (κ3) is 1.78. The summed E-state index contributed by atoms with van der Waals surface area (Å²) in [6.07, 6.45) is 1.95. The number of rotatable bonds is 2. The predicted octanol–water partition coefficient (Wildman–Crippen LogP) is 3.92. The fraction of sp³-hybridized carbons (Fsp3) is 0.400. The molecule has 0 spiro atoms. The van der Waals surface area contributed by atoms with Crippen molar-refractivity contribution in [2.75, 3.05) is 11.3 Å². The minimum Gasteiger partial charge on any atom is -0.463 e. The molecule has 3 nitrogen and oxygen atoms in total. The number of benzene rings is 1. The van der Waals surface area contributed by atoms with Crippen LogP contribution in [0.2, 0.25) is 0 Å². The van der Waals surface area contributed by atoms with Gasteiger partial charge in [-0.25, -0.2) is 0 Å². The molecule has 16 heavy (non-hydrogen) atoms. The molecule has 1 aromatic rings. The molecule has 88 valence electrons. The van der Waals surface area contributed by atoms with Crippen LogP contribution in [0.5, 0.6) is 5.75 Å². The van der Waals surface area contributed by atoms with E-state index in [1.165, 1.54) is 0 Å². The Morgan fingerprint density at radius 1 is 1.50 bits per heavy atom. The van der Waals surface area contributed by atoms with E-state index in [9.17, 15) is 4.53 Å². The van der Waals surface area contributed by atoms with Gasteiger partial charge in [-0.15, -0.1) is 11.8 Å². The van der Waals surface area contributed by atoms with Gasteiger partial charge >= 0.3 is 0 Å². The zero-order valence-corrected chi connectivity index (χ0v) is 11.5. The van der Waals surface area contributed by atoms with Crippen molar-refractivity contribution in [1.82, 2.24) is 0 Å². The van der Waals surface area contributed by atoms with E-state index >= 15 is 0 Å². The van der Waals surface area contributed by atoms with E-state index in [2.05, 4.69) is 21.0 Å². The standard InChI is InChI=1S/C10H11BrFNO2S/c1-10(2)13(15-12)8-5-6(16-3)4-7(11)9(8)14-10/h4-5H,1-3H3. The number of ether oxygens (including phenoxy) is 1. The Labute approximate surface area is 106 Å². The molecule has 0 unspecified atom stereocenters. The quantitative estimate of drug-likeness (QED) is 0.772. The first-order chi connectivity index (χ1) is 7.49. The molecule has 1 heterocycles. The fourth-order valence-corrected chi connectivity index (χ4v) is 2.77. The van der Waals surface area contributed by atoms with Crippen molar-refractivity contribution in [3.8, 4) is 5.75 Å². The molecule has 0 saturated heterocycles. The lowest BCUT2D eigenvalue weighted by Crippen LogP contribution is -2.42. The van der Waals surface area contributed by atoms with Crippen LogP contribution in [-0.4, -0.2) is 12.0 Å². The van der Waals surface area contributed by atoms with Crippen molar-refractivity contribution in [3.63, 3.8) is 0 Å². The van der Waals surface area contributed by atoms with Gasteiger partial charge in [0.15, 0.2) is 5.75 Å². The highest BCUT2D eigenvalue weighted by Crippen LogP contribution is 2.48. The Kier molecular flexibility index (Phi) is 3.07. The minimum absolute atomic E-state index is 0.589. The van der Waals surface area contributed by atoms with E-state index in [1.54, 1.807) is 25.6 Å². The summed E-state index contributed by atoms with van der Waals surface area (Å²) in [6.45, 7) is 3.47. The molecular weight excluding hydrogens is 297 g/mol. The van der Waals surface area contributed by atoms with Crippen LogP contribution in [0.4, 0.5) is 10.2 Å². The molecule has 0 bridgehead atoms. The van der Waals surface area contributed by atoms with E-state index in [1.807, 2.05) is 18.4 Å². The van der Waals surface area contributed by atoms with Crippen LogP contribution in [-0.2, 0) is 5.04 Å². The molecule has 0 saturated carbocycles. The van der Waals surface area contributed by atoms with Crippen LogP contribution >= 0.6 is 27.7 Å². The van der Waals surface area contributed by atoms with E-state index in [0.717, 1.165) is 14.4 Å². The summed E-state index contributed by atoms with van der Waals surface area (Å²) < 4.78 is 19.0. The van der Waals surface area contributed by atoms with Gasteiger partial charge in [-0.3, -0.25) is 0 Å². The zero-order chi connectivity index (χ0) is 11.9. The number of hydrogen-bond donors (Lipinski definition) is 0. The molecule has 0 atom stereocenters. The van der Waals surface area contributed by atoms with Crippen LogP contribution in [0.15, 0.2) is 21.5 Å². The van der Waals surface area contributed by atoms with Gasteiger partial charge in [0.2, 0.25) is 5.72 Å². The average Bonchev–Trinajstić information content (AvgIpc) is 2.48. The van der Waals surface area contributed by atoms with Gasteiger partial charge in [-0.2, -0.15) is 5.06 Å². The minimum atomic E-state index is -0.851. The lowest BCUT2D eigenvalue weighted by atomic mass is 10.3. The molecule has 0 aliphatic carbocycles. The number of fused-ring (bicyclic) bond motifs is 1. The second-order valence-corrected chi connectivity index (χ2v) is 5.60. The maximum Gasteiger partial charge on any atom is 0.204 e. The van der Waals surface area contributed by atoms with Crippen molar-refractivity contribution in [3.05, 3.63) is 16.6 Å². The molecular formula is C10H11BrFNO2S. The molecule has 2 rings (SSSR count). The average molecular weight is 308 g/mol. The highest BCUT2D eigenvalue weighted by Gasteiger charge is 2.41. The first kappa shape index (κ1) is 12.0. The van der Waals surface area contributed by atoms with E-state index in [4.69, 9.17) is 4.74 Å². The zero-order valence-electron chi connectivity index (χ0n) is 9.08. The topological polar surface area (TPSA) is 21.7 Å².